The third-order valence-corrected chi connectivity index (χ3v) is 6.05. The van der Waals surface area contributed by atoms with Crippen molar-refractivity contribution in [3.8, 4) is 17.2 Å². The molecule has 0 bridgehead atoms. The number of amides is 2. The van der Waals surface area contributed by atoms with Crippen molar-refractivity contribution < 1.29 is 28.6 Å². The summed E-state index contributed by atoms with van der Waals surface area (Å²) in [6, 6.07) is 4.98. The molecule has 40 heavy (non-hydrogen) atoms. The summed E-state index contributed by atoms with van der Waals surface area (Å²) in [5.74, 6) is 0.260. The van der Waals surface area contributed by atoms with Crippen molar-refractivity contribution in [2.24, 2.45) is 0 Å². The van der Waals surface area contributed by atoms with Gasteiger partial charge < -0.3 is 29.7 Å². The number of halogens is 1. The van der Waals surface area contributed by atoms with Crippen LogP contribution < -0.4 is 24.8 Å². The van der Waals surface area contributed by atoms with Crippen LogP contribution in [0.1, 0.15) is 79.2 Å². The number of ether oxygens (including phenoxy) is 3. The highest BCUT2D eigenvalue weighted by Gasteiger charge is 2.32. The second kappa shape index (κ2) is 13.6. The molecule has 11 nitrogen and oxygen atoms in total. The molecule has 0 spiro atoms. The summed E-state index contributed by atoms with van der Waals surface area (Å²) < 4.78 is 17.0. The number of nitrogens with zero attached hydrogens (tertiary/aromatic N) is 2. The highest BCUT2D eigenvalue weighted by molar-refractivity contribution is 8.93. The Morgan fingerprint density at radius 1 is 1.05 bits per heavy atom. The average Bonchev–Trinajstić information content (AvgIpc) is 3.17. The van der Waals surface area contributed by atoms with Crippen LogP contribution in [-0.2, 0) is 12.0 Å². The van der Waals surface area contributed by atoms with E-state index < -0.39 is 17.4 Å². The van der Waals surface area contributed by atoms with E-state index in [0.29, 0.717) is 47.9 Å². The highest BCUT2D eigenvalue weighted by Crippen LogP contribution is 2.40. The van der Waals surface area contributed by atoms with Gasteiger partial charge in [-0.1, -0.05) is 20.8 Å². The summed E-state index contributed by atoms with van der Waals surface area (Å²) in [6.45, 7) is 12.5. The number of fused-ring (bicyclic) bond motifs is 1. The number of aromatic nitrogens is 1. The van der Waals surface area contributed by atoms with Crippen molar-refractivity contribution in [1.29, 1.82) is 5.41 Å². The Morgan fingerprint density at radius 3 is 2.27 bits per heavy atom. The first kappa shape index (κ1) is 32.5. The lowest BCUT2D eigenvalue weighted by Crippen LogP contribution is -2.31. The van der Waals surface area contributed by atoms with Gasteiger partial charge in [-0.3, -0.25) is 15.0 Å². The fraction of sp³-hybridized carbons (Fsp3) is 0.464. The van der Waals surface area contributed by atoms with Gasteiger partial charge in [0.1, 0.15) is 11.5 Å². The quantitative estimate of drug-likeness (QED) is 0.335. The number of carbonyl (C=O) groups excluding carboxylic acids is 3. The molecule has 0 aliphatic carbocycles. The summed E-state index contributed by atoms with van der Waals surface area (Å²) in [6.07, 6.45) is -0.610. The summed E-state index contributed by atoms with van der Waals surface area (Å²) in [7, 11) is 1.50. The monoisotopic (exact) mass is 619 g/mol. The zero-order chi connectivity index (χ0) is 28.9. The van der Waals surface area contributed by atoms with Crippen LogP contribution in [-0.4, -0.2) is 66.9 Å². The lowest BCUT2D eigenvalue weighted by atomic mass is 9.84. The van der Waals surface area contributed by atoms with Gasteiger partial charge in [-0.15, -0.1) is 17.0 Å². The molecule has 1 aromatic heterocycles. The zero-order valence-electron chi connectivity index (χ0n) is 24.0. The third kappa shape index (κ3) is 7.09. The minimum absolute atomic E-state index is 0. The van der Waals surface area contributed by atoms with Crippen LogP contribution in [0, 0.1) is 5.41 Å². The third-order valence-electron chi connectivity index (χ3n) is 6.05. The van der Waals surface area contributed by atoms with Crippen molar-refractivity contribution in [2.45, 2.75) is 53.5 Å². The van der Waals surface area contributed by atoms with Crippen LogP contribution in [0.2, 0.25) is 0 Å². The van der Waals surface area contributed by atoms with E-state index in [1.165, 1.54) is 7.05 Å². The number of pyridine rings is 1. The maximum Gasteiger partial charge on any atom is 0.412 e. The standard InChI is InChI=1S/C28H37N5O6.BrH/c1-8-31-27(36)39-24-18(28(4,5)6)11-16(12-21(24)38-10-3)19(34)15-33-14-17-13-20(37-9-2)23(26(35)30-7)32-22(17)25(33)29;/h11-13,29H,8-10,14-15H2,1-7H3,(H,30,35)(H,31,36);1H. The molecule has 12 heteroatoms. The van der Waals surface area contributed by atoms with Crippen molar-refractivity contribution in [1.82, 2.24) is 20.5 Å². The first-order valence-electron chi connectivity index (χ1n) is 13.0. The number of rotatable bonds is 10. The maximum atomic E-state index is 13.5. The Kier molecular flexibility index (Phi) is 11.1. The van der Waals surface area contributed by atoms with Crippen molar-refractivity contribution in [3.63, 3.8) is 0 Å². The molecule has 0 unspecified atom stereocenters. The Labute approximate surface area is 245 Å². The minimum Gasteiger partial charge on any atom is -0.491 e. The highest BCUT2D eigenvalue weighted by atomic mass is 79.9. The van der Waals surface area contributed by atoms with E-state index in [9.17, 15) is 14.4 Å². The van der Waals surface area contributed by atoms with Crippen LogP contribution in [0.25, 0.3) is 0 Å². The molecule has 0 fully saturated rings. The Bertz CT molecular complexity index is 1290. The molecule has 1 aliphatic heterocycles. The lowest BCUT2D eigenvalue weighted by Gasteiger charge is -2.25. The Hall–Kier alpha value is -3.67. The number of ketones is 1. The van der Waals surface area contributed by atoms with Gasteiger partial charge in [-0.25, -0.2) is 9.78 Å². The molecule has 0 atom stereocenters. The predicted molar refractivity (Wildman–Crippen MR) is 157 cm³/mol. The van der Waals surface area contributed by atoms with Gasteiger partial charge in [0.2, 0.25) is 0 Å². The lowest BCUT2D eigenvalue weighted by molar-refractivity contribution is 0.0949. The molecule has 3 rings (SSSR count). The molecule has 2 aromatic rings. The summed E-state index contributed by atoms with van der Waals surface area (Å²) in [5.41, 5.74) is 1.65. The molecule has 0 radical (unpaired) electrons. The summed E-state index contributed by atoms with van der Waals surface area (Å²) in [5, 5.41) is 13.8. The van der Waals surface area contributed by atoms with Gasteiger partial charge in [0.25, 0.3) is 5.91 Å². The topological polar surface area (TPSA) is 143 Å². The first-order valence-corrected chi connectivity index (χ1v) is 13.0. The molecule has 2 heterocycles. The van der Waals surface area contributed by atoms with E-state index in [-0.39, 0.29) is 58.9 Å². The van der Waals surface area contributed by atoms with Crippen LogP contribution in [0.3, 0.4) is 0 Å². The van der Waals surface area contributed by atoms with Gasteiger partial charge >= 0.3 is 6.09 Å². The summed E-state index contributed by atoms with van der Waals surface area (Å²) >= 11 is 0. The van der Waals surface area contributed by atoms with Crippen LogP contribution >= 0.6 is 17.0 Å². The molecule has 218 valence electrons. The number of nitrogens with one attached hydrogen (secondary N) is 3. The van der Waals surface area contributed by atoms with Crippen molar-refractivity contribution >= 4 is 40.6 Å². The van der Waals surface area contributed by atoms with E-state index in [1.54, 1.807) is 36.9 Å². The average molecular weight is 621 g/mol. The van der Waals surface area contributed by atoms with Gasteiger partial charge in [-0.2, -0.15) is 0 Å². The molecule has 2 amide bonds. The zero-order valence-corrected chi connectivity index (χ0v) is 25.7. The fourth-order valence-corrected chi connectivity index (χ4v) is 4.20. The molecular formula is C28H38BrN5O6. The van der Waals surface area contributed by atoms with Gasteiger partial charge in [-0.05, 0) is 44.4 Å². The predicted octanol–water partition coefficient (Wildman–Crippen LogP) is 4.25. The Balaban J connectivity index is 0.00000560. The largest absolute Gasteiger partial charge is 0.491 e. The van der Waals surface area contributed by atoms with Gasteiger partial charge in [0.05, 0.1) is 19.8 Å². The number of Topliss-reactive ketones (excluding diaryl/α,β-unsaturated/α-hetero) is 1. The number of carbonyl (C=O) groups is 3. The molecule has 1 aliphatic rings. The van der Waals surface area contributed by atoms with E-state index >= 15 is 0 Å². The number of amidine groups is 1. The van der Waals surface area contributed by atoms with Gasteiger partial charge in [0.15, 0.2) is 28.7 Å². The molecular weight excluding hydrogens is 582 g/mol. The van der Waals surface area contributed by atoms with Gasteiger partial charge in [0, 0.05) is 36.8 Å². The van der Waals surface area contributed by atoms with E-state index in [0.717, 1.165) is 0 Å². The molecule has 1 aromatic carbocycles. The van der Waals surface area contributed by atoms with Crippen LogP contribution in [0.15, 0.2) is 18.2 Å². The van der Waals surface area contributed by atoms with E-state index in [2.05, 4.69) is 15.6 Å². The second-order valence-corrected chi connectivity index (χ2v) is 9.94. The summed E-state index contributed by atoms with van der Waals surface area (Å²) in [4.78, 5) is 44.2. The molecule has 0 saturated heterocycles. The van der Waals surface area contributed by atoms with E-state index in [1.807, 2.05) is 27.7 Å². The number of hydrogen-bond donors (Lipinski definition) is 3. The van der Waals surface area contributed by atoms with Crippen molar-refractivity contribution in [2.75, 3.05) is 33.4 Å². The SMILES string of the molecule is Br.CCNC(=O)Oc1c(OCC)cc(C(=O)CN2Cc3cc(OCC)c(C(=O)NC)nc3C2=N)cc1C(C)(C)C. The smallest absolute Gasteiger partial charge is 0.412 e. The van der Waals surface area contributed by atoms with Crippen molar-refractivity contribution in [3.05, 3.63) is 46.3 Å². The molecule has 3 N–H and O–H groups in total. The van der Waals surface area contributed by atoms with E-state index in [4.69, 9.17) is 19.6 Å². The number of benzene rings is 1. The van der Waals surface area contributed by atoms with Crippen LogP contribution in [0.5, 0.6) is 17.2 Å². The fourth-order valence-electron chi connectivity index (χ4n) is 4.20. The first-order chi connectivity index (χ1) is 18.4. The maximum absolute atomic E-state index is 13.5. The number of hydrogen-bond acceptors (Lipinski definition) is 8. The minimum atomic E-state index is -0.610. The second-order valence-electron chi connectivity index (χ2n) is 9.94. The Morgan fingerprint density at radius 2 is 1.70 bits per heavy atom. The molecule has 0 saturated carbocycles. The van der Waals surface area contributed by atoms with Crippen LogP contribution in [0.4, 0.5) is 4.79 Å². The normalized spacial score (nSPS) is 12.3.